The predicted octanol–water partition coefficient (Wildman–Crippen LogP) is 5.09. The van der Waals surface area contributed by atoms with E-state index in [-0.39, 0.29) is 17.4 Å². The minimum Gasteiger partial charge on any atom is -0.335 e. The molecule has 3 aromatic carbocycles. The Labute approximate surface area is 177 Å². The van der Waals surface area contributed by atoms with Gasteiger partial charge in [-0.25, -0.2) is 0 Å². The van der Waals surface area contributed by atoms with Gasteiger partial charge in [0.15, 0.2) is 0 Å². The van der Waals surface area contributed by atoms with Crippen LogP contribution in [0.15, 0.2) is 77.8 Å². The van der Waals surface area contributed by atoms with Crippen molar-refractivity contribution in [2.45, 2.75) is 37.1 Å². The van der Waals surface area contributed by atoms with Gasteiger partial charge in [-0.2, -0.15) is 0 Å². The molecule has 2 atom stereocenters. The lowest BCUT2D eigenvalue weighted by Crippen LogP contribution is -2.55. The minimum absolute atomic E-state index is 0.00330. The van der Waals surface area contributed by atoms with Crippen molar-refractivity contribution < 1.29 is 4.79 Å². The van der Waals surface area contributed by atoms with Gasteiger partial charge in [-0.15, -0.1) is 0 Å². The van der Waals surface area contributed by atoms with E-state index in [2.05, 4.69) is 64.5 Å². The number of hydrogen-bond acceptors (Lipinski definition) is 2. The number of hydrogen-bond donors (Lipinski definition) is 0. The maximum absolute atomic E-state index is 13.5. The third-order valence-corrected chi connectivity index (χ3v) is 7.25. The van der Waals surface area contributed by atoms with Gasteiger partial charge in [0.1, 0.15) is 0 Å². The van der Waals surface area contributed by atoms with Crippen molar-refractivity contribution in [3.63, 3.8) is 0 Å². The summed E-state index contributed by atoms with van der Waals surface area (Å²) in [5.74, 6) is 0.163. The molecule has 2 unspecified atom stereocenters. The van der Waals surface area contributed by atoms with E-state index in [0.717, 1.165) is 49.0 Å². The molecule has 0 N–H and O–H groups in total. The third kappa shape index (κ3) is 2.58. The molecule has 0 aromatic heterocycles. The first-order valence-corrected chi connectivity index (χ1v) is 10.8. The second-order valence-electron chi connectivity index (χ2n) is 8.78. The summed E-state index contributed by atoms with van der Waals surface area (Å²) in [4.78, 5) is 20.1. The first kappa shape index (κ1) is 17.6. The van der Waals surface area contributed by atoms with Crippen molar-refractivity contribution in [1.29, 1.82) is 0 Å². The summed E-state index contributed by atoms with van der Waals surface area (Å²) >= 11 is 0. The lowest BCUT2D eigenvalue weighted by molar-refractivity contribution is 0.0512. The Hall–Kier alpha value is -3.20. The number of nitrogens with zero attached hydrogens (tertiary/aromatic N) is 2. The molecule has 0 spiro atoms. The molecule has 6 rings (SSSR count). The van der Waals surface area contributed by atoms with Gasteiger partial charge in [0.2, 0.25) is 0 Å². The quantitative estimate of drug-likeness (QED) is 0.598. The number of amides is 1. The van der Waals surface area contributed by atoms with Gasteiger partial charge in [0.25, 0.3) is 5.91 Å². The zero-order valence-electron chi connectivity index (χ0n) is 16.9. The van der Waals surface area contributed by atoms with Crippen LogP contribution in [0.3, 0.4) is 0 Å². The highest BCUT2D eigenvalue weighted by molar-refractivity contribution is 5.96. The number of piperidine rings is 1. The van der Waals surface area contributed by atoms with Gasteiger partial charge in [-0.1, -0.05) is 54.6 Å². The van der Waals surface area contributed by atoms with Crippen molar-refractivity contribution in [3.8, 4) is 0 Å². The third-order valence-electron chi connectivity index (χ3n) is 7.25. The topological polar surface area (TPSA) is 32.7 Å². The van der Waals surface area contributed by atoms with Crippen molar-refractivity contribution in [1.82, 2.24) is 4.90 Å². The van der Waals surface area contributed by atoms with E-state index in [1.807, 2.05) is 24.4 Å². The number of rotatable bonds is 2. The fraction of sp³-hybridized carbons (Fsp3) is 0.259. The molecular formula is C27H24N2O. The number of carbonyl (C=O) groups is 1. The molecule has 2 heterocycles. The Balaban J connectivity index is 1.38. The Kier molecular flexibility index (Phi) is 3.92. The molecule has 3 aliphatic rings. The molecule has 0 radical (unpaired) electrons. The van der Waals surface area contributed by atoms with Crippen LogP contribution >= 0.6 is 0 Å². The number of aliphatic imine (C=N–C) groups is 1. The second kappa shape index (κ2) is 6.66. The van der Waals surface area contributed by atoms with E-state index in [4.69, 9.17) is 0 Å². The van der Waals surface area contributed by atoms with Crippen LogP contribution < -0.4 is 0 Å². The molecule has 2 bridgehead atoms. The standard InChI is InChI=1S/C27H24N2O/c30-26(21-10-11-25-20(16-21)12-14-28-25)29-15-13-27(22-7-2-1-3-8-22)18-23(29)17-19-6-4-5-9-24(19)27/h1-11,14,16,23H,12-13,15,17-18H2. The molecule has 1 amide bonds. The van der Waals surface area contributed by atoms with Gasteiger partial charge in [-0.3, -0.25) is 9.79 Å². The Morgan fingerprint density at radius 1 is 0.967 bits per heavy atom. The van der Waals surface area contributed by atoms with Crippen LogP contribution in [0, 0.1) is 0 Å². The summed E-state index contributed by atoms with van der Waals surface area (Å²) in [6, 6.07) is 25.9. The van der Waals surface area contributed by atoms with E-state index in [1.165, 1.54) is 16.7 Å². The second-order valence-corrected chi connectivity index (χ2v) is 8.78. The smallest absolute Gasteiger partial charge is 0.254 e. The number of fused-ring (bicyclic) bond motifs is 5. The number of carbonyl (C=O) groups excluding carboxylic acids is 1. The summed E-state index contributed by atoms with van der Waals surface area (Å²) in [6.07, 6.45) is 5.64. The van der Waals surface area contributed by atoms with Crippen LogP contribution in [0.4, 0.5) is 5.69 Å². The Morgan fingerprint density at radius 3 is 2.70 bits per heavy atom. The SMILES string of the molecule is O=C(c1ccc2c(c1)CC=N2)N1CCC2(c3ccccc3)CC1Cc1ccccc12. The summed E-state index contributed by atoms with van der Waals surface area (Å²) in [7, 11) is 0. The summed E-state index contributed by atoms with van der Waals surface area (Å²) in [5.41, 5.74) is 7.18. The monoisotopic (exact) mass is 392 g/mol. The first-order chi connectivity index (χ1) is 14.7. The van der Waals surface area contributed by atoms with Crippen molar-refractivity contribution in [3.05, 3.63) is 101 Å². The highest BCUT2D eigenvalue weighted by Gasteiger charge is 2.47. The van der Waals surface area contributed by atoms with Crippen molar-refractivity contribution >= 4 is 17.8 Å². The summed E-state index contributed by atoms with van der Waals surface area (Å²) in [5, 5.41) is 0. The summed E-state index contributed by atoms with van der Waals surface area (Å²) in [6.45, 7) is 0.792. The van der Waals surface area contributed by atoms with Crippen LogP contribution in [0.5, 0.6) is 0 Å². The van der Waals surface area contributed by atoms with Crippen molar-refractivity contribution in [2.24, 2.45) is 4.99 Å². The fourth-order valence-corrected chi connectivity index (χ4v) is 5.81. The number of likely N-dealkylation sites (tertiary alicyclic amines) is 1. The molecule has 1 fully saturated rings. The van der Waals surface area contributed by atoms with E-state index < -0.39 is 0 Å². The minimum atomic E-state index is 0.00330. The summed E-state index contributed by atoms with van der Waals surface area (Å²) < 4.78 is 0. The van der Waals surface area contributed by atoms with E-state index >= 15 is 0 Å². The van der Waals surface area contributed by atoms with Crippen LogP contribution in [0.25, 0.3) is 0 Å². The molecule has 3 nitrogen and oxygen atoms in total. The molecule has 1 aliphatic carbocycles. The largest absolute Gasteiger partial charge is 0.335 e. The predicted molar refractivity (Wildman–Crippen MR) is 120 cm³/mol. The average Bonchev–Trinajstić information content (AvgIpc) is 3.27. The van der Waals surface area contributed by atoms with Gasteiger partial charge < -0.3 is 4.90 Å². The Bertz CT molecular complexity index is 1170. The zero-order valence-corrected chi connectivity index (χ0v) is 16.9. The van der Waals surface area contributed by atoms with Gasteiger partial charge >= 0.3 is 0 Å². The van der Waals surface area contributed by atoms with Crippen molar-refractivity contribution in [2.75, 3.05) is 6.54 Å². The highest BCUT2D eigenvalue weighted by atomic mass is 16.2. The zero-order chi connectivity index (χ0) is 20.1. The molecule has 148 valence electrons. The Morgan fingerprint density at radius 2 is 1.80 bits per heavy atom. The maximum atomic E-state index is 13.5. The normalized spacial score (nSPS) is 23.7. The van der Waals surface area contributed by atoms with Gasteiger partial charge in [0, 0.05) is 36.2 Å². The molecule has 1 saturated heterocycles. The molecular weight excluding hydrogens is 368 g/mol. The average molecular weight is 393 g/mol. The molecule has 30 heavy (non-hydrogen) atoms. The molecule has 0 saturated carbocycles. The van der Waals surface area contributed by atoms with Gasteiger partial charge in [-0.05, 0) is 59.7 Å². The lowest BCUT2D eigenvalue weighted by Gasteiger charge is -2.51. The fourth-order valence-electron chi connectivity index (χ4n) is 5.81. The molecule has 3 heteroatoms. The first-order valence-electron chi connectivity index (χ1n) is 10.8. The van der Waals surface area contributed by atoms with E-state index in [9.17, 15) is 4.79 Å². The molecule has 3 aromatic rings. The van der Waals surface area contributed by atoms with Crippen LogP contribution in [0.1, 0.15) is 45.5 Å². The number of benzene rings is 3. The molecule has 2 aliphatic heterocycles. The highest BCUT2D eigenvalue weighted by Crippen LogP contribution is 2.49. The van der Waals surface area contributed by atoms with E-state index in [0.29, 0.717) is 0 Å². The van der Waals surface area contributed by atoms with Crippen LogP contribution in [-0.4, -0.2) is 29.6 Å². The van der Waals surface area contributed by atoms with Gasteiger partial charge in [0.05, 0.1) is 5.69 Å². The maximum Gasteiger partial charge on any atom is 0.254 e. The lowest BCUT2D eigenvalue weighted by atomic mass is 9.60. The van der Waals surface area contributed by atoms with E-state index in [1.54, 1.807) is 0 Å². The van der Waals surface area contributed by atoms with Crippen LogP contribution in [0.2, 0.25) is 0 Å². The van der Waals surface area contributed by atoms with Crippen LogP contribution in [-0.2, 0) is 18.3 Å².